The van der Waals surface area contributed by atoms with Crippen molar-refractivity contribution in [3.63, 3.8) is 0 Å². The first kappa shape index (κ1) is 26.1. The van der Waals surface area contributed by atoms with Gasteiger partial charge in [-0.2, -0.15) is 0 Å². The number of H-pyrrole nitrogens is 1. The van der Waals surface area contributed by atoms with Crippen molar-refractivity contribution >= 4 is 40.5 Å². The lowest BCUT2D eigenvalue weighted by molar-refractivity contribution is 0.0114. The highest BCUT2D eigenvalue weighted by Crippen LogP contribution is 2.28. The minimum absolute atomic E-state index is 0.0403. The summed E-state index contributed by atoms with van der Waals surface area (Å²) in [6, 6.07) is 7.19. The Kier molecular flexibility index (Phi) is 7.34. The molecule has 2 saturated heterocycles. The van der Waals surface area contributed by atoms with Crippen LogP contribution in [0.3, 0.4) is 0 Å². The van der Waals surface area contributed by atoms with Crippen molar-refractivity contribution in [3.8, 4) is 5.75 Å². The standard InChI is InChI=1S/C27H33ClN6O4/c1-27(2,3)38-26(36)34-10-5-4-8-18(34)12-29-23-22-21(13-30-24(22)32-16-31-23)25(35)33-14-20(15-33)37-19-9-6-7-17(28)11-19/h6-7,9,11,13,16,18,20H,4-5,8,10,12,14-15H2,1-3H3,(H2,29,30,31,32). The van der Waals surface area contributed by atoms with Crippen LogP contribution in [-0.4, -0.2) is 80.7 Å². The quantitative estimate of drug-likeness (QED) is 0.465. The van der Waals surface area contributed by atoms with Crippen LogP contribution in [0.5, 0.6) is 5.75 Å². The van der Waals surface area contributed by atoms with Gasteiger partial charge in [0, 0.05) is 24.3 Å². The lowest BCUT2D eigenvalue weighted by atomic mass is 10.0. The fraction of sp³-hybridized carbons (Fsp3) is 0.481. The SMILES string of the molecule is CC(C)(C)OC(=O)N1CCCCC1CNc1ncnc2[nH]cc(C(=O)N3CC(Oc4cccc(Cl)c4)C3)c12. The van der Waals surface area contributed by atoms with Crippen LogP contribution in [0.4, 0.5) is 10.6 Å². The second kappa shape index (κ2) is 10.7. The van der Waals surface area contributed by atoms with E-state index in [0.29, 0.717) is 59.4 Å². The number of halogens is 1. The molecule has 2 amide bonds. The molecule has 5 rings (SSSR count). The molecule has 3 aromatic rings. The fourth-order valence-electron chi connectivity index (χ4n) is 4.84. The Bertz CT molecular complexity index is 1320. The van der Waals surface area contributed by atoms with E-state index in [1.54, 1.807) is 28.1 Å². The predicted octanol–water partition coefficient (Wildman–Crippen LogP) is 4.72. The number of aromatic amines is 1. The molecule has 2 N–H and O–H groups in total. The molecule has 2 fully saturated rings. The molecule has 1 aromatic carbocycles. The van der Waals surface area contributed by atoms with Crippen LogP contribution in [0, 0.1) is 0 Å². The first-order valence-corrected chi connectivity index (χ1v) is 13.3. The van der Waals surface area contributed by atoms with Crippen LogP contribution in [0.25, 0.3) is 11.0 Å². The number of benzene rings is 1. The van der Waals surface area contributed by atoms with E-state index >= 15 is 0 Å². The molecular formula is C27H33ClN6O4. The highest BCUT2D eigenvalue weighted by Gasteiger charge is 2.35. The highest BCUT2D eigenvalue weighted by molar-refractivity contribution is 6.30. The fourth-order valence-corrected chi connectivity index (χ4v) is 5.02. The Hall–Kier alpha value is -3.53. The number of amides is 2. The summed E-state index contributed by atoms with van der Waals surface area (Å²) in [5, 5.41) is 4.62. The summed E-state index contributed by atoms with van der Waals surface area (Å²) < 4.78 is 11.6. The Morgan fingerprint density at radius 2 is 2.03 bits per heavy atom. The van der Waals surface area contributed by atoms with E-state index in [0.717, 1.165) is 19.3 Å². The average molecular weight is 541 g/mol. The maximum absolute atomic E-state index is 13.4. The summed E-state index contributed by atoms with van der Waals surface area (Å²) in [6.45, 7) is 7.70. The van der Waals surface area contributed by atoms with Gasteiger partial charge in [0.2, 0.25) is 0 Å². The van der Waals surface area contributed by atoms with E-state index in [1.807, 2.05) is 32.9 Å². The molecular weight excluding hydrogens is 508 g/mol. The molecule has 2 aromatic heterocycles. The molecule has 4 heterocycles. The molecule has 1 unspecified atom stereocenters. The number of hydrogen-bond acceptors (Lipinski definition) is 7. The van der Waals surface area contributed by atoms with Gasteiger partial charge in [-0.05, 0) is 58.2 Å². The zero-order chi connectivity index (χ0) is 26.9. The van der Waals surface area contributed by atoms with Crippen LogP contribution in [-0.2, 0) is 4.74 Å². The predicted molar refractivity (Wildman–Crippen MR) is 145 cm³/mol. The van der Waals surface area contributed by atoms with Crippen LogP contribution in [0.15, 0.2) is 36.8 Å². The van der Waals surface area contributed by atoms with Crippen molar-refractivity contribution < 1.29 is 19.1 Å². The number of carbonyl (C=O) groups is 2. The number of hydrogen-bond donors (Lipinski definition) is 2. The smallest absolute Gasteiger partial charge is 0.410 e. The molecule has 0 saturated carbocycles. The zero-order valence-electron chi connectivity index (χ0n) is 21.9. The molecule has 38 heavy (non-hydrogen) atoms. The molecule has 202 valence electrons. The molecule has 11 heteroatoms. The maximum atomic E-state index is 13.4. The second-order valence-corrected chi connectivity index (χ2v) is 11.2. The summed E-state index contributed by atoms with van der Waals surface area (Å²) in [5.41, 5.74) is 0.517. The first-order chi connectivity index (χ1) is 18.2. The van der Waals surface area contributed by atoms with E-state index in [4.69, 9.17) is 21.1 Å². The van der Waals surface area contributed by atoms with Gasteiger partial charge in [0.1, 0.15) is 35.2 Å². The summed E-state index contributed by atoms with van der Waals surface area (Å²) in [5.74, 6) is 1.12. The number of nitrogens with zero attached hydrogens (tertiary/aromatic N) is 4. The van der Waals surface area contributed by atoms with Gasteiger partial charge >= 0.3 is 6.09 Å². The molecule has 1 atom stereocenters. The highest BCUT2D eigenvalue weighted by atomic mass is 35.5. The van der Waals surface area contributed by atoms with Gasteiger partial charge in [-0.3, -0.25) is 4.79 Å². The lowest BCUT2D eigenvalue weighted by Gasteiger charge is -2.39. The van der Waals surface area contributed by atoms with Crippen molar-refractivity contribution in [3.05, 3.63) is 47.4 Å². The number of piperidine rings is 1. The number of ether oxygens (including phenoxy) is 2. The minimum Gasteiger partial charge on any atom is -0.487 e. The third-order valence-corrected chi connectivity index (χ3v) is 6.93. The average Bonchev–Trinajstić information content (AvgIpc) is 3.28. The number of fused-ring (bicyclic) bond motifs is 1. The summed E-state index contributed by atoms with van der Waals surface area (Å²) in [4.78, 5) is 41.5. The van der Waals surface area contributed by atoms with Crippen LogP contribution < -0.4 is 10.1 Å². The van der Waals surface area contributed by atoms with Gasteiger partial charge in [-0.25, -0.2) is 14.8 Å². The molecule has 0 bridgehead atoms. The van der Waals surface area contributed by atoms with Crippen molar-refractivity contribution in [2.45, 2.75) is 57.8 Å². The summed E-state index contributed by atoms with van der Waals surface area (Å²) in [6.07, 6.45) is 5.57. The maximum Gasteiger partial charge on any atom is 0.410 e. The number of nitrogens with one attached hydrogen (secondary N) is 2. The molecule has 2 aliphatic heterocycles. The molecule has 0 aliphatic carbocycles. The van der Waals surface area contributed by atoms with E-state index in [9.17, 15) is 9.59 Å². The van der Waals surface area contributed by atoms with Crippen molar-refractivity contribution in [2.75, 3.05) is 31.5 Å². The van der Waals surface area contributed by atoms with E-state index in [-0.39, 0.29) is 24.1 Å². The number of carbonyl (C=O) groups excluding carboxylic acids is 2. The van der Waals surface area contributed by atoms with Crippen molar-refractivity contribution in [2.24, 2.45) is 0 Å². The largest absolute Gasteiger partial charge is 0.487 e. The summed E-state index contributed by atoms with van der Waals surface area (Å²) in [7, 11) is 0. The Balaban J connectivity index is 1.26. The molecule has 0 radical (unpaired) electrons. The van der Waals surface area contributed by atoms with Crippen LogP contribution in [0.2, 0.25) is 5.02 Å². The zero-order valence-corrected chi connectivity index (χ0v) is 22.6. The van der Waals surface area contributed by atoms with E-state index < -0.39 is 5.60 Å². The lowest BCUT2D eigenvalue weighted by Crippen LogP contribution is -2.56. The van der Waals surface area contributed by atoms with Crippen molar-refractivity contribution in [1.82, 2.24) is 24.8 Å². The monoisotopic (exact) mass is 540 g/mol. The molecule has 10 nitrogen and oxygen atoms in total. The third-order valence-electron chi connectivity index (χ3n) is 6.69. The number of likely N-dealkylation sites (tertiary alicyclic amines) is 2. The minimum atomic E-state index is -0.555. The Labute approximate surface area is 226 Å². The Morgan fingerprint density at radius 3 is 2.79 bits per heavy atom. The Morgan fingerprint density at radius 1 is 1.21 bits per heavy atom. The van der Waals surface area contributed by atoms with Gasteiger partial charge in [0.25, 0.3) is 5.91 Å². The van der Waals surface area contributed by atoms with Gasteiger partial charge in [-0.1, -0.05) is 17.7 Å². The topological polar surface area (TPSA) is 113 Å². The van der Waals surface area contributed by atoms with Crippen LogP contribution in [0.1, 0.15) is 50.4 Å². The first-order valence-electron chi connectivity index (χ1n) is 12.9. The number of rotatable bonds is 6. The van der Waals surface area contributed by atoms with E-state index in [2.05, 4.69) is 20.3 Å². The second-order valence-electron chi connectivity index (χ2n) is 10.8. The van der Waals surface area contributed by atoms with Gasteiger partial charge < -0.3 is 29.6 Å². The molecule has 2 aliphatic rings. The molecule has 0 spiro atoms. The summed E-state index contributed by atoms with van der Waals surface area (Å²) >= 11 is 6.04. The normalized spacial score (nSPS) is 18.3. The van der Waals surface area contributed by atoms with Gasteiger partial charge in [0.05, 0.1) is 30.1 Å². The number of anilines is 1. The van der Waals surface area contributed by atoms with Crippen LogP contribution >= 0.6 is 11.6 Å². The van der Waals surface area contributed by atoms with Gasteiger partial charge in [-0.15, -0.1) is 0 Å². The van der Waals surface area contributed by atoms with Gasteiger partial charge in [0.15, 0.2) is 0 Å². The van der Waals surface area contributed by atoms with E-state index in [1.165, 1.54) is 6.33 Å². The number of aromatic nitrogens is 3. The third kappa shape index (κ3) is 5.80. The van der Waals surface area contributed by atoms with Crippen molar-refractivity contribution in [1.29, 1.82) is 0 Å².